The van der Waals surface area contributed by atoms with Crippen molar-refractivity contribution < 1.29 is 4.79 Å². The quantitative estimate of drug-likeness (QED) is 0.556. The zero-order valence-electron chi connectivity index (χ0n) is 6.98. The van der Waals surface area contributed by atoms with Gasteiger partial charge >= 0.3 is 0 Å². The molecule has 62 valence electrons. The summed E-state index contributed by atoms with van der Waals surface area (Å²) in [6, 6.07) is 0. The van der Waals surface area contributed by atoms with Crippen molar-refractivity contribution >= 4 is 17.9 Å². The number of rotatable bonds is 1. The summed E-state index contributed by atoms with van der Waals surface area (Å²) in [5, 5.41) is 0.763. The number of aldehydes is 1. The smallest absolute Gasteiger partial charge is 0.147 e. The molecule has 11 heavy (non-hydrogen) atoms. The third kappa shape index (κ3) is 2.06. The topological polar surface area (TPSA) is 17.1 Å². The molecule has 0 heterocycles. The molecule has 2 heteroatoms. The van der Waals surface area contributed by atoms with Gasteiger partial charge in [0.05, 0.1) is 0 Å². The summed E-state index contributed by atoms with van der Waals surface area (Å²) in [7, 11) is 0. The molecule has 0 bridgehead atoms. The monoisotopic (exact) mass is 172 g/mol. The Morgan fingerprint density at radius 3 is 2.64 bits per heavy atom. The predicted octanol–water partition coefficient (Wildman–Crippen LogP) is 2.89. The highest BCUT2D eigenvalue weighted by molar-refractivity contribution is 6.31. The molecule has 0 amide bonds. The van der Waals surface area contributed by atoms with Crippen molar-refractivity contribution in [2.45, 2.75) is 33.1 Å². The van der Waals surface area contributed by atoms with E-state index in [1.165, 1.54) is 0 Å². The number of carbonyl (C=O) groups excluding carboxylic acids is 1. The van der Waals surface area contributed by atoms with Gasteiger partial charge < -0.3 is 0 Å². The van der Waals surface area contributed by atoms with Crippen LogP contribution in [0.2, 0.25) is 0 Å². The van der Waals surface area contributed by atoms with Gasteiger partial charge in [0.25, 0.3) is 0 Å². The summed E-state index contributed by atoms with van der Waals surface area (Å²) >= 11 is 5.86. The zero-order valence-corrected chi connectivity index (χ0v) is 7.74. The maximum atomic E-state index is 10.5. The molecule has 0 fully saturated rings. The molecule has 0 spiro atoms. The van der Waals surface area contributed by atoms with E-state index in [-0.39, 0.29) is 5.41 Å². The largest absolute Gasteiger partial charge is 0.298 e. The van der Waals surface area contributed by atoms with Crippen LogP contribution >= 0.6 is 11.6 Å². The minimum Gasteiger partial charge on any atom is -0.298 e. The molecule has 0 radical (unpaired) electrons. The molecule has 1 rings (SSSR count). The normalized spacial score (nSPS) is 23.5. The van der Waals surface area contributed by atoms with Gasteiger partial charge in [0.15, 0.2) is 0 Å². The molecule has 0 aromatic rings. The first-order valence-electron chi connectivity index (χ1n) is 3.88. The Kier molecular flexibility index (Phi) is 2.38. The molecule has 0 N–H and O–H groups in total. The predicted molar refractivity (Wildman–Crippen MR) is 46.6 cm³/mol. The van der Waals surface area contributed by atoms with Crippen molar-refractivity contribution in [2.24, 2.45) is 5.41 Å². The molecular formula is C9H13ClO. The van der Waals surface area contributed by atoms with Crippen LogP contribution in [0.4, 0.5) is 0 Å². The average Bonchev–Trinajstić information content (AvgIpc) is 1.94. The van der Waals surface area contributed by atoms with E-state index in [0.717, 1.165) is 36.2 Å². The van der Waals surface area contributed by atoms with E-state index in [1.54, 1.807) is 0 Å². The summed E-state index contributed by atoms with van der Waals surface area (Å²) in [5.41, 5.74) is 1.05. The van der Waals surface area contributed by atoms with E-state index in [9.17, 15) is 4.79 Å². The molecule has 0 saturated carbocycles. The molecule has 0 aliphatic heterocycles. The van der Waals surface area contributed by atoms with E-state index >= 15 is 0 Å². The van der Waals surface area contributed by atoms with Crippen LogP contribution in [-0.4, -0.2) is 6.29 Å². The van der Waals surface area contributed by atoms with Gasteiger partial charge in [-0.1, -0.05) is 25.4 Å². The molecule has 0 aromatic heterocycles. The van der Waals surface area contributed by atoms with E-state index in [0.29, 0.717) is 0 Å². The first-order valence-corrected chi connectivity index (χ1v) is 4.26. The lowest BCUT2D eigenvalue weighted by molar-refractivity contribution is -0.105. The Morgan fingerprint density at radius 2 is 2.18 bits per heavy atom. The lowest BCUT2D eigenvalue weighted by Crippen LogP contribution is -2.17. The number of hydrogen-bond acceptors (Lipinski definition) is 1. The second-order valence-electron chi connectivity index (χ2n) is 3.89. The highest BCUT2D eigenvalue weighted by Crippen LogP contribution is 2.38. The standard InChI is InChI=1S/C9H13ClO/c1-9(2)4-3-8(10)7(5-9)6-11/h6H,3-5H2,1-2H3. The fourth-order valence-corrected chi connectivity index (χ4v) is 1.62. The summed E-state index contributed by atoms with van der Waals surface area (Å²) in [4.78, 5) is 10.5. The van der Waals surface area contributed by atoms with Crippen molar-refractivity contribution in [3.05, 3.63) is 10.6 Å². The minimum absolute atomic E-state index is 0.259. The number of hydrogen-bond donors (Lipinski definition) is 0. The Bertz CT molecular complexity index is 204. The third-order valence-corrected chi connectivity index (χ3v) is 2.61. The highest BCUT2D eigenvalue weighted by atomic mass is 35.5. The van der Waals surface area contributed by atoms with Gasteiger partial charge in [-0.25, -0.2) is 0 Å². The van der Waals surface area contributed by atoms with Gasteiger partial charge in [-0.2, -0.15) is 0 Å². The van der Waals surface area contributed by atoms with Gasteiger partial charge in [-0.15, -0.1) is 0 Å². The second-order valence-corrected chi connectivity index (χ2v) is 4.35. The molecule has 1 aliphatic carbocycles. The lowest BCUT2D eigenvalue weighted by Gasteiger charge is -2.29. The number of carbonyl (C=O) groups is 1. The zero-order chi connectivity index (χ0) is 8.48. The summed E-state index contributed by atoms with van der Waals surface area (Å²) in [6.45, 7) is 4.33. The van der Waals surface area contributed by atoms with Crippen LogP contribution in [0.25, 0.3) is 0 Å². The first-order chi connectivity index (χ1) is 5.05. The Hall–Kier alpha value is -0.300. The van der Waals surface area contributed by atoms with E-state index in [4.69, 9.17) is 11.6 Å². The van der Waals surface area contributed by atoms with Crippen LogP contribution in [0.15, 0.2) is 10.6 Å². The molecular weight excluding hydrogens is 160 g/mol. The average molecular weight is 173 g/mol. The van der Waals surface area contributed by atoms with Crippen LogP contribution < -0.4 is 0 Å². The summed E-state index contributed by atoms with van der Waals surface area (Å²) in [5.74, 6) is 0. The molecule has 1 nitrogen and oxygen atoms in total. The van der Waals surface area contributed by atoms with Gasteiger partial charge in [-0.05, 0) is 24.7 Å². The van der Waals surface area contributed by atoms with Gasteiger partial charge in [0.1, 0.15) is 6.29 Å². The Balaban J connectivity index is 2.81. The van der Waals surface area contributed by atoms with Crippen LogP contribution in [0.1, 0.15) is 33.1 Å². The second kappa shape index (κ2) is 2.98. The van der Waals surface area contributed by atoms with Crippen molar-refractivity contribution in [3.63, 3.8) is 0 Å². The Labute approximate surface area is 72.4 Å². The maximum absolute atomic E-state index is 10.5. The molecule has 0 unspecified atom stereocenters. The fourth-order valence-electron chi connectivity index (χ4n) is 1.41. The van der Waals surface area contributed by atoms with Gasteiger partial charge in [0.2, 0.25) is 0 Å². The van der Waals surface area contributed by atoms with Crippen LogP contribution in [0.3, 0.4) is 0 Å². The summed E-state index contributed by atoms with van der Waals surface area (Å²) < 4.78 is 0. The van der Waals surface area contributed by atoms with E-state index in [2.05, 4.69) is 13.8 Å². The van der Waals surface area contributed by atoms with Crippen LogP contribution in [0.5, 0.6) is 0 Å². The third-order valence-electron chi connectivity index (χ3n) is 2.18. The molecule has 1 aliphatic rings. The van der Waals surface area contributed by atoms with Crippen LogP contribution in [-0.2, 0) is 4.79 Å². The van der Waals surface area contributed by atoms with Crippen molar-refractivity contribution in [3.8, 4) is 0 Å². The lowest BCUT2D eigenvalue weighted by atomic mass is 9.77. The minimum atomic E-state index is 0.259. The van der Waals surface area contributed by atoms with E-state index in [1.807, 2.05) is 0 Å². The van der Waals surface area contributed by atoms with Crippen LogP contribution in [0, 0.1) is 5.41 Å². The van der Waals surface area contributed by atoms with E-state index < -0.39 is 0 Å². The fraction of sp³-hybridized carbons (Fsp3) is 0.667. The Morgan fingerprint density at radius 1 is 1.55 bits per heavy atom. The highest BCUT2D eigenvalue weighted by Gasteiger charge is 2.25. The maximum Gasteiger partial charge on any atom is 0.147 e. The summed E-state index contributed by atoms with van der Waals surface area (Å²) in [6.07, 6.45) is 3.67. The van der Waals surface area contributed by atoms with Gasteiger partial charge in [-0.3, -0.25) is 4.79 Å². The first kappa shape index (κ1) is 8.79. The number of allylic oxidation sites excluding steroid dienone is 2. The van der Waals surface area contributed by atoms with Crippen molar-refractivity contribution in [1.29, 1.82) is 0 Å². The molecule has 0 aromatic carbocycles. The van der Waals surface area contributed by atoms with Crippen molar-refractivity contribution in [1.82, 2.24) is 0 Å². The molecule has 0 atom stereocenters. The number of halogens is 1. The van der Waals surface area contributed by atoms with Crippen molar-refractivity contribution in [2.75, 3.05) is 0 Å². The SMILES string of the molecule is CC1(C)CCC(Cl)=C(C=O)C1. The molecule has 0 saturated heterocycles. The van der Waals surface area contributed by atoms with Gasteiger partial charge in [0, 0.05) is 10.6 Å².